The molecule has 0 aromatic carbocycles. The topological polar surface area (TPSA) is 90.3 Å². The van der Waals surface area contributed by atoms with E-state index in [1.165, 1.54) is 7.05 Å². The van der Waals surface area contributed by atoms with Crippen molar-refractivity contribution in [2.75, 3.05) is 33.9 Å². The molecule has 0 radical (unpaired) electrons. The number of sulfonamides is 1. The third-order valence-corrected chi connectivity index (χ3v) is 4.10. The summed E-state index contributed by atoms with van der Waals surface area (Å²) in [4.78, 5) is 16.0. The minimum absolute atomic E-state index is 0.0413. The lowest BCUT2D eigenvalue weighted by atomic mass is 10.4. The Morgan fingerprint density at radius 3 is 2.69 bits per heavy atom. The smallest absolute Gasteiger partial charge is 0.304 e. The van der Waals surface area contributed by atoms with Gasteiger partial charge in [-0.25, -0.2) is 8.42 Å². The molecule has 1 N–H and O–H groups in total. The molecule has 0 atom stereocenters. The maximum atomic E-state index is 11.9. The van der Waals surface area contributed by atoms with Gasteiger partial charge >= 0.3 is 5.97 Å². The summed E-state index contributed by atoms with van der Waals surface area (Å²) in [7, 11) is -0.462. The van der Waals surface area contributed by atoms with Gasteiger partial charge in [0.25, 0.3) is 10.0 Å². The number of carboxylic acids is 1. The molecule has 0 unspecified atom stereocenters. The van der Waals surface area contributed by atoms with Gasteiger partial charge in [-0.2, -0.15) is 4.31 Å². The summed E-state index contributed by atoms with van der Waals surface area (Å²) in [5.41, 5.74) is 0. The van der Waals surface area contributed by atoms with E-state index in [-0.39, 0.29) is 24.6 Å². The van der Waals surface area contributed by atoms with Gasteiger partial charge in [0.2, 0.25) is 0 Å². The Morgan fingerprint density at radius 2 is 2.25 bits per heavy atom. The van der Waals surface area contributed by atoms with Crippen molar-refractivity contribution in [3.63, 3.8) is 0 Å². The normalized spacial score (nSPS) is 17.8. The van der Waals surface area contributed by atoms with Crippen molar-refractivity contribution >= 4 is 21.0 Å². The van der Waals surface area contributed by atoms with Gasteiger partial charge in [-0.15, -0.1) is 0 Å². The van der Waals surface area contributed by atoms with E-state index in [4.69, 9.17) is 5.11 Å². The molecule has 0 aliphatic carbocycles. The fourth-order valence-corrected chi connectivity index (χ4v) is 2.54. The predicted octanol–water partition coefficient (Wildman–Crippen LogP) is -0.976. The molecule has 92 valence electrons. The van der Waals surface area contributed by atoms with Crippen molar-refractivity contribution in [1.82, 2.24) is 9.21 Å². The first-order valence-corrected chi connectivity index (χ1v) is 6.18. The fourth-order valence-electron chi connectivity index (χ4n) is 1.25. The van der Waals surface area contributed by atoms with Gasteiger partial charge in [0.05, 0.1) is 19.6 Å². The molecule has 0 aromatic rings. The monoisotopic (exact) mass is 249 g/mol. The first-order valence-electron chi connectivity index (χ1n) is 4.74. The number of carboxylic acid groups (broad SMARTS) is 1. The highest BCUT2D eigenvalue weighted by Gasteiger charge is 2.29. The lowest BCUT2D eigenvalue weighted by Gasteiger charge is -2.16. The summed E-state index contributed by atoms with van der Waals surface area (Å²) in [5.74, 6) is -1.02. The number of rotatable bonds is 4. The second kappa shape index (κ2) is 4.89. The van der Waals surface area contributed by atoms with Gasteiger partial charge in [-0.05, 0) is 7.05 Å². The van der Waals surface area contributed by atoms with Crippen LogP contribution in [0, 0.1) is 0 Å². The van der Waals surface area contributed by atoms with Gasteiger partial charge in [0, 0.05) is 13.6 Å². The maximum absolute atomic E-state index is 11.9. The summed E-state index contributed by atoms with van der Waals surface area (Å²) >= 11 is 0. The van der Waals surface area contributed by atoms with Crippen molar-refractivity contribution < 1.29 is 18.3 Å². The number of hydrogen-bond donors (Lipinski definition) is 1. The van der Waals surface area contributed by atoms with Crippen LogP contribution in [0.1, 0.15) is 6.42 Å². The summed E-state index contributed by atoms with van der Waals surface area (Å²) in [6.07, 6.45) is -0.209. The van der Waals surface area contributed by atoms with Crippen LogP contribution in [-0.2, 0) is 14.8 Å². The van der Waals surface area contributed by atoms with E-state index >= 15 is 0 Å². The molecule has 0 saturated heterocycles. The lowest BCUT2D eigenvalue weighted by molar-refractivity contribution is -0.137. The third kappa shape index (κ3) is 3.00. The summed E-state index contributed by atoms with van der Waals surface area (Å²) in [5, 5.41) is 8.58. The predicted molar refractivity (Wildman–Crippen MR) is 58.7 cm³/mol. The van der Waals surface area contributed by atoms with Crippen LogP contribution in [0.5, 0.6) is 0 Å². The first kappa shape index (κ1) is 13.1. The molecule has 0 fully saturated rings. The second-order valence-electron chi connectivity index (χ2n) is 3.68. The van der Waals surface area contributed by atoms with Crippen LogP contribution in [0.4, 0.5) is 0 Å². The highest BCUT2D eigenvalue weighted by atomic mass is 32.2. The molecule has 0 amide bonds. The Bertz CT molecular complexity index is 404. The van der Waals surface area contributed by atoms with Gasteiger partial charge in [0.15, 0.2) is 5.04 Å². The lowest BCUT2D eigenvalue weighted by Crippen LogP contribution is -2.36. The maximum Gasteiger partial charge on any atom is 0.304 e. The van der Waals surface area contributed by atoms with Crippen molar-refractivity contribution in [2.45, 2.75) is 6.42 Å². The molecule has 7 nitrogen and oxygen atoms in total. The molecule has 1 heterocycles. The minimum Gasteiger partial charge on any atom is -0.481 e. The van der Waals surface area contributed by atoms with E-state index in [9.17, 15) is 13.2 Å². The van der Waals surface area contributed by atoms with Gasteiger partial charge in [0.1, 0.15) is 0 Å². The largest absolute Gasteiger partial charge is 0.481 e. The van der Waals surface area contributed by atoms with Crippen LogP contribution in [0.2, 0.25) is 0 Å². The molecule has 8 heteroatoms. The van der Waals surface area contributed by atoms with E-state index < -0.39 is 16.0 Å². The average Bonchev–Trinajstić information content (AvgIpc) is 2.61. The van der Waals surface area contributed by atoms with Crippen molar-refractivity contribution in [3.8, 4) is 0 Å². The molecule has 0 spiro atoms. The molecule has 0 saturated carbocycles. The van der Waals surface area contributed by atoms with Crippen LogP contribution < -0.4 is 0 Å². The highest BCUT2D eigenvalue weighted by molar-refractivity contribution is 8.04. The Morgan fingerprint density at radius 1 is 1.62 bits per heavy atom. The number of nitrogens with zero attached hydrogens (tertiary/aromatic N) is 3. The summed E-state index contributed by atoms with van der Waals surface area (Å²) in [6.45, 7) is 0.599. The van der Waals surface area contributed by atoms with E-state index in [0.29, 0.717) is 6.67 Å². The molecule has 1 aliphatic heterocycles. The van der Waals surface area contributed by atoms with E-state index in [2.05, 4.69) is 4.99 Å². The quantitative estimate of drug-likeness (QED) is 0.692. The van der Waals surface area contributed by atoms with Crippen LogP contribution >= 0.6 is 0 Å². The molecular weight excluding hydrogens is 234 g/mol. The van der Waals surface area contributed by atoms with Crippen molar-refractivity contribution in [1.29, 1.82) is 0 Å². The number of hydrogen-bond acceptors (Lipinski definition) is 5. The molecule has 1 rings (SSSR count). The summed E-state index contributed by atoms with van der Waals surface area (Å²) < 4.78 is 24.8. The van der Waals surface area contributed by atoms with E-state index in [1.54, 1.807) is 11.9 Å². The van der Waals surface area contributed by atoms with Crippen LogP contribution in [-0.4, -0.2) is 67.6 Å². The minimum atomic E-state index is -3.59. The molecule has 16 heavy (non-hydrogen) atoms. The molecule has 0 aromatic heterocycles. The zero-order valence-electron chi connectivity index (χ0n) is 9.25. The van der Waals surface area contributed by atoms with Crippen LogP contribution in [0.3, 0.4) is 0 Å². The number of aliphatic carboxylic acids is 1. The average molecular weight is 249 g/mol. The van der Waals surface area contributed by atoms with E-state index in [0.717, 1.165) is 4.31 Å². The van der Waals surface area contributed by atoms with Gasteiger partial charge in [-0.1, -0.05) is 0 Å². The van der Waals surface area contributed by atoms with Crippen LogP contribution in [0.25, 0.3) is 0 Å². The molecule has 1 aliphatic rings. The first-order chi connectivity index (χ1) is 7.34. The Kier molecular flexibility index (Phi) is 4.00. The zero-order valence-corrected chi connectivity index (χ0v) is 10.1. The number of carbonyl (C=O) groups is 1. The standard InChI is InChI=1S/C8H15N3O4S/c1-10-5-7(9-6-10)16(14,15)11(2)4-3-8(12)13/h3-6H2,1-2H3,(H,12,13). The SMILES string of the molecule is CN1CN=C(S(=O)(=O)N(C)CCC(=O)O)C1. The highest BCUT2D eigenvalue weighted by Crippen LogP contribution is 2.08. The Labute approximate surface area is 94.4 Å². The Hall–Kier alpha value is -0.990. The molecule has 0 bridgehead atoms. The summed E-state index contributed by atoms with van der Waals surface area (Å²) in [6, 6.07) is 0. The fraction of sp³-hybridized carbons (Fsp3) is 0.750. The third-order valence-electron chi connectivity index (χ3n) is 2.24. The number of aliphatic imine (C=N–C) groups is 1. The van der Waals surface area contributed by atoms with Crippen molar-refractivity contribution in [3.05, 3.63) is 0 Å². The van der Waals surface area contributed by atoms with Crippen molar-refractivity contribution in [2.24, 2.45) is 4.99 Å². The van der Waals surface area contributed by atoms with E-state index in [1.807, 2.05) is 0 Å². The van der Waals surface area contributed by atoms with Gasteiger partial charge in [-0.3, -0.25) is 14.7 Å². The Balaban J connectivity index is 2.67. The van der Waals surface area contributed by atoms with Gasteiger partial charge < -0.3 is 5.11 Å². The zero-order chi connectivity index (χ0) is 12.3. The molecular formula is C8H15N3O4S. The second-order valence-corrected chi connectivity index (χ2v) is 5.72. The van der Waals surface area contributed by atoms with Crippen LogP contribution in [0.15, 0.2) is 4.99 Å².